The molecule has 0 spiro atoms. The smallest absolute Gasteiger partial charge is 0.336 e. The van der Waals surface area contributed by atoms with Crippen LogP contribution < -0.4 is 10.1 Å². The average molecular weight is 486 g/mol. The number of dihydropyridines is 1. The van der Waals surface area contributed by atoms with Crippen molar-refractivity contribution >= 4 is 23.5 Å². The minimum Gasteiger partial charge on any atom is -0.491 e. The molecule has 0 bridgehead atoms. The summed E-state index contributed by atoms with van der Waals surface area (Å²) >= 11 is 6.47. The molecule has 2 aromatic rings. The standard InChI is InChI=1S/C26H28ClNO6/c1-16-22(25(30)32-3)24(20-6-4-5-7-21(20)27)23(17(2)28-16)26(31)34-14-12-18-8-10-19(11-9-18)33-15-13-29/h4-11,24,28-29H,12-15H2,1-3H3. The molecule has 34 heavy (non-hydrogen) atoms. The van der Waals surface area contributed by atoms with Crippen LogP contribution in [0.3, 0.4) is 0 Å². The van der Waals surface area contributed by atoms with Crippen LogP contribution in [0, 0.1) is 0 Å². The van der Waals surface area contributed by atoms with E-state index in [1.54, 1.807) is 50.2 Å². The van der Waals surface area contributed by atoms with E-state index in [-0.39, 0.29) is 19.8 Å². The Morgan fingerprint density at radius 2 is 1.62 bits per heavy atom. The molecule has 1 aliphatic rings. The fourth-order valence-electron chi connectivity index (χ4n) is 3.92. The summed E-state index contributed by atoms with van der Waals surface area (Å²) in [6, 6.07) is 14.4. The number of methoxy groups -OCH3 is 1. The third kappa shape index (κ3) is 5.79. The van der Waals surface area contributed by atoms with Crippen molar-refractivity contribution in [2.24, 2.45) is 0 Å². The van der Waals surface area contributed by atoms with Crippen LogP contribution >= 0.6 is 11.6 Å². The van der Waals surface area contributed by atoms with Gasteiger partial charge in [0.2, 0.25) is 0 Å². The first-order valence-electron chi connectivity index (χ1n) is 10.9. The van der Waals surface area contributed by atoms with Gasteiger partial charge < -0.3 is 24.6 Å². The normalized spacial score (nSPS) is 15.6. The van der Waals surface area contributed by atoms with E-state index in [0.29, 0.717) is 45.3 Å². The number of esters is 2. The Morgan fingerprint density at radius 3 is 2.24 bits per heavy atom. The molecule has 0 saturated heterocycles. The lowest BCUT2D eigenvalue weighted by molar-refractivity contribution is -0.139. The van der Waals surface area contributed by atoms with Crippen LogP contribution in [0.4, 0.5) is 0 Å². The molecule has 0 aromatic heterocycles. The molecule has 1 unspecified atom stereocenters. The van der Waals surface area contributed by atoms with Gasteiger partial charge in [-0.1, -0.05) is 41.9 Å². The van der Waals surface area contributed by atoms with Gasteiger partial charge in [-0.25, -0.2) is 9.59 Å². The van der Waals surface area contributed by atoms with Crippen molar-refractivity contribution in [1.29, 1.82) is 0 Å². The average Bonchev–Trinajstić information content (AvgIpc) is 2.83. The molecule has 180 valence electrons. The van der Waals surface area contributed by atoms with Gasteiger partial charge >= 0.3 is 11.9 Å². The number of carbonyl (C=O) groups excluding carboxylic acids is 2. The number of benzene rings is 2. The van der Waals surface area contributed by atoms with Crippen molar-refractivity contribution in [1.82, 2.24) is 5.32 Å². The molecule has 1 atom stereocenters. The van der Waals surface area contributed by atoms with E-state index in [0.717, 1.165) is 5.56 Å². The Kier molecular flexibility index (Phi) is 8.73. The highest BCUT2D eigenvalue weighted by Crippen LogP contribution is 2.41. The highest BCUT2D eigenvalue weighted by atomic mass is 35.5. The van der Waals surface area contributed by atoms with E-state index >= 15 is 0 Å². The van der Waals surface area contributed by atoms with Gasteiger partial charge in [-0.15, -0.1) is 0 Å². The molecule has 7 nitrogen and oxygen atoms in total. The quantitative estimate of drug-likeness (QED) is 0.520. The van der Waals surface area contributed by atoms with Crippen molar-refractivity contribution in [3.8, 4) is 5.75 Å². The molecule has 2 N–H and O–H groups in total. The van der Waals surface area contributed by atoms with Crippen molar-refractivity contribution < 1.29 is 28.9 Å². The molecule has 1 heterocycles. The second kappa shape index (κ2) is 11.7. The third-order valence-corrected chi connectivity index (χ3v) is 5.85. The fourth-order valence-corrected chi connectivity index (χ4v) is 4.17. The van der Waals surface area contributed by atoms with E-state index in [9.17, 15) is 9.59 Å². The second-order valence-electron chi connectivity index (χ2n) is 7.75. The van der Waals surface area contributed by atoms with Gasteiger partial charge in [0.1, 0.15) is 12.4 Å². The summed E-state index contributed by atoms with van der Waals surface area (Å²) in [5.74, 6) is -1.15. The van der Waals surface area contributed by atoms with Gasteiger partial charge in [0.25, 0.3) is 0 Å². The zero-order valence-electron chi connectivity index (χ0n) is 19.4. The number of halogens is 1. The molecule has 0 amide bonds. The predicted octanol–water partition coefficient (Wildman–Crippen LogP) is 3.90. The van der Waals surface area contributed by atoms with Crippen LogP contribution in [0.1, 0.15) is 30.9 Å². The number of hydrogen-bond donors (Lipinski definition) is 2. The van der Waals surface area contributed by atoms with Crippen molar-refractivity contribution in [2.75, 3.05) is 26.9 Å². The summed E-state index contributed by atoms with van der Waals surface area (Å²) < 4.78 is 16.0. The molecule has 3 rings (SSSR count). The summed E-state index contributed by atoms with van der Waals surface area (Å²) in [6.07, 6.45) is 0.501. The maximum atomic E-state index is 13.2. The van der Waals surface area contributed by atoms with Crippen LogP contribution in [0.5, 0.6) is 5.75 Å². The highest BCUT2D eigenvalue weighted by Gasteiger charge is 2.38. The van der Waals surface area contributed by atoms with Crippen LogP contribution in [-0.4, -0.2) is 44.0 Å². The number of aliphatic hydroxyl groups excluding tert-OH is 1. The predicted molar refractivity (Wildman–Crippen MR) is 128 cm³/mol. The van der Waals surface area contributed by atoms with E-state index in [1.165, 1.54) is 7.11 Å². The Hall–Kier alpha value is -3.29. The maximum absolute atomic E-state index is 13.2. The lowest BCUT2D eigenvalue weighted by Crippen LogP contribution is -2.32. The number of aliphatic hydroxyl groups is 1. The van der Waals surface area contributed by atoms with E-state index < -0.39 is 17.9 Å². The lowest BCUT2D eigenvalue weighted by Gasteiger charge is -2.30. The molecule has 0 aliphatic carbocycles. The number of hydrogen-bond acceptors (Lipinski definition) is 7. The summed E-state index contributed by atoms with van der Waals surface area (Å²) in [6.45, 7) is 3.85. The Morgan fingerprint density at radius 1 is 0.971 bits per heavy atom. The van der Waals surface area contributed by atoms with Gasteiger partial charge in [-0.2, -0.15) is 0 Å². The molecule has 2 aromatic carbocycles. The minimum absolute atomic E-state index is 0.0522. The van der Waals surface area contributed by atoms with Crippen LogP contribution in [-0.2, 0) is 25.5 Å². The Labute approximate surface area is 204 Å². The van der Waals surface area contributed by atoms with Gasteiger partial charge in [0.05, 0.1) is 37.4 Å². The van der Waals surface area contributed by atoms with Gasteiger partial charge in [-0.05, 0) is 43.2 Å². The largest absolute Gasteiger partial charge is 0.491 e. The zero-order chi connectivity index (χ0) is 24.7. The fraction of sp³-hybridized carbons (Fsp3) is 0.308. The van der Waals surface area contributed by atoms with Gasteiger partial charge in [0.15, 0.2) is 0 Å². The van der Waals surface area contributed by atoms with Gasteiger partial charge in [-0.3, -0.25) is 0 Å². The SMILES string of the molecule is COC(=O)C1=C(C)NC(C)=C(C(=O)OCCc2ccc(OCCO)cc2)C1c1ccccc1Cl. The molecular weight excluding hydrogens is 458 g/mol. The molecule has 0 saturated carbocycles. The third-order valence-electron chi connectivity index (χ3n) is 5.51. The molecule has 1 aliphatic heterocycles. The summed E-state index contributed by atoms with van der Waals surface area (Å²) in [7, 11) is 1.30. The first-order chi connectivity index (χ1) is 16.4. The lowest BCUT2D eigenvalue weighted by atomic mass is 9.80. The van der Waals surface area contributed by atoms with Crippen LogP contribution in [0.15, 0.2) is 71.1 Å². The van der Waals surface area contributed by atoms with Crippen LogP contribution in [0.2, 0.25) is 5.02 Å². The topological polar surface area (TPSA) is 94.1 Å². The summed E-state index contributed by atoms with van der Waals surface area (Å²) in [5.41, 5.74) is 3.39. The molecular formula is C26H28ClNO6. The number of rotatable bonds is 9. The highest BCUT2D eigenvalue weighted by molar-refractivity contribution is 6.31. The molecule has 0 fully saturated rings. The monoisotopic (exact) mass is 485 g/mol. The molecule has 8 heteroatoms. The summed E-state index contributed by atoms with van der Waals surface area (Å²) in [4.78, 5) is 25.9. The summed E-state index contributed by atoms with van der Waals surface area (Å²) in [5, 5.41) is 12.4. The van der Waals surface area contributed by atoms with Crippen LogP contribution in [0.25, 0.3) is 0 Å². The number of nitrogens with one attached hydrogen (secondary N) is 1. The van der Waals surface area contributed by atoms with Crippen molar-refractivity contribution in [3.05, 3.63) is 87.2 Å². The first kappa shape index (κ1) is 25.3. The molecule has 0 radical (unpaired) electrons. The first-order valence-corrected chi connectivity index (χ1v) is 11.3. The maximum Gasteiger partial charge on any atom is 0.336 e. The second-order valence-corrected chi connectivity index (χ2v) is 8.16. The number of carbonyl (C=O) groups is 2. The zero-order valence-corrected chi connectivity index (χ0v) is 20.1. The Balaban J connectivity index is 1.80. The number of ether oxygens (including phenoxy) is 3. The van der Waals surface area contributed by atoms with Gasteiger partial charge in [0, 0.05) is 22.8 Å². The van der Waals surface area contributed by atoms with Crippen molar-refractivity contribution in [3.63, 3.8) is 0 Å². The van der Waals surface area contributed by atoms with E-state index in [2.05, 4.69) is 5.32 Å². The minimum atomic E-state index is -0.724. The number of allylic oxidation sites excluding steroid dienone is 2. The Bertz CT molecular complexity index is 1110. The van der Waals surface area contributed by atoms with E-state index in [1.807, 2.05) is 12.1 Å². The van der Waals surface area contributed by atoms with E-state index in [4.69, 9.17) is 30.9 Å². The van der Waals surface area contributed by atoms with Crippen molar-refractivity contribution in [2.45, 2.75) is 26.2 Å².